The monoisotopic (exact) mass is 334 g/mol. The zero-order valence-corrected chi connectivity index (χ0v) is 13.8. The van der Waals surface area contributed by atoms with E-state index in [1.807, 2.05) is 0 Å². The van der Waals surface area contributed by atoms with Crippen LogP contribution in [0.15, 0.2) is 17.0 Å². The Labute approximate surface area is 129 Å². The van der Waals surface area contributed by atoms with Crippen LogP contribution in [0.3, 0.4) is 0 Å². The van der Waals surface area contributed by atoms with Crippen LogP contribution in [0.2, 0.25) is 0 Å². The second-order valence-electron chi connectivity index (χ2n) is 5.92. The van der Waals surface area contributed by atoms with Crippen LogP contribution >= 0.6 is 0 Å². The Morgan fingerprint density at radius 2 is 1.77 bits per heavy atom. The van der Waals surface area contributed by atoms with Gasteiger partial charge in [0, 0.05) is 18.0 Å². The lowest BCUT2D eigenvalue weighted by molar-refractivity contribution is -0.116. The summed E-state index contributed by atoms with van der Waals surface area (Å²) in [4.78, 5) is 10.8. The van der Waals surface area contributed by atoms with Crippen molar-refractivity contribution in [2.75, 3.05) is 5.32 Å². The van der Waals surface area contributed by atoms with Crippen molar-refractivity contribution in [2.45, 2.75) is 51.0 Å². The maximum absolute atomic E-state index is 13.8. The van der Waals surface area contributed by atoms with Gasteiger partial charge in [0.1, 0.15) is 16.5 Å². The summed E-state index contributed by atoms with van der Waals surface area (Å²) in [5.41, 5.74) is -1.19. The summed E-state index contributed by atoms with van der Waals surface area (Å²) in [6.45, 7) is 6.55. The summed E-state index contributed by atoms with van der Waals surface area (Å²) < 4.78 is 54.1. The Balaban J connectivity index is 3.24. The van der Waals surface area contributed by atoms with Gasteiger partial charge in [-0.3, -0.25) is 4.79 Å². The molecule has 0 bridgehead atoms. The number of sulfonamides is 1. The standard InChI is InChI=1S/C14H20F2N2O3S/c1-5-6-13(19)17-11-8-12(10(16)7-9(11)15)22(20,21)18-14(2,3)4/h7-8,18H,5-6H2,1-4H3,(H,17,19). The lowest BCUT2D eigenvalue weighted by atomic mass is 10.1. The second kappa shape index (κ2) is 6.70. The van der Waals surface area contributed by atoms with Gasteiger partial charge in [-0.1, -0.05) is 6.92 Å². The summed E-state index contributed by atoms with van der Waals surface area (Å²) >= 11 is 0. The summed E-state index contributed by atoms with van der Waals surface area (Å²) in [6, 6.07) is 1.23. The molecule has 124 valence electrons. The molecule has 8 heteroatoms. The van der Waals surface area contributed by atoms with E-state index in [0.29, 0.717) is 12.5 Å². The van der Waals surface area contributed by atoms with Crippen LogP contribution in [0.4, 0.5) is 14.5 Å². The minimum atomic E-state index is -4.18. The number of hydrogen-bond acceptors (Lipinski definition) is 3. The molecule has 1 rings (SSSR count). The van der Waals surface area contributed by atoms with E-state index in [4.69, 9.17) is 0 Å². The van der Waals surface area contributed by atoms with E-state index in [1.165, 1.54) is 0 Å². The molecule has 5 nitrogen and oxygen atoms in total. The van der Waals surface area contributed by atoms with Crippen molar-refractivity contribution in [3.8, 4) is 0 Å². The Morgan fingerprint density at radius 3 is 2.27 bits per heavy atom. The van der Waals surface area contributed by atoms with E-state index in [1.54, 1.807) is 27.7 Å². The molecule has 0 aliphatic rings. The number of rotatable bonds is 5. The molecule has 1 amide bonds. The molecular weight excluding hydrogens is 314 g/mol. The zero-order valence-electron chi connectivity index (χ0n) is 13.0. The maximum atomic E-state index is 13.8. The largest absolute Gasteiger partial charge is 0.324 e. The van der Waals surface area contributed by atoms with Crippen LogP contribution in [0.25, 0.3) is 0 Å². The van der Waals surface area contributed by atoms with Gasteiger partial charge in [-0.15, -0.1) is 0 Å². The van der Waals surface area contributed by atoms with Crippen LogP contribution in [-0.4, -0.2) is 19.9 Å². The van der Waals surface area contributed by atoms with Crippen molar-refractivity contribution < 1.29 is 22.0 Å². The number of benzene rings is 1. The molecule has 0 aliphatic carbocycles. The molecule has 2 N–H and O–H groups in total. The quantitative estimate of drug-likeness (QED) is 0.869. The highest BCUT2D eigenvalue weighted by atomic mass is 32.2. The number of anilines is 1. The summed E-state index contributed by atoms with van der Waals surface area (Å²) in [5.74, 6) is -2.72. The normalized spacial score (nSPS) is 12.3. The first-order valence-electron chi connectivity index (χ1n) is 6.79. The molecule has 22 heavy (non-hydrogen) atoms. The van der Waals surface area contributed by atoms with Crippen molar-refractivity contribution in [1.82, 2.24) is 4.72 Å². The number of amides is 1. The van der Waals surface area contributed by atoms with E-state index in [-0.39, 0.29) is 12.1 Å². The van der Waals surface area contributed by atoms with Gasteiger partial charge in [0.2, 0.25) is 15.9 Å². The van der Waals surface area contributed by atoms with Crippen LogP contribution in [0.1, 0.15) is 40.5 Å². The fourth-order valence-corrected chi connectivity index (χ4v) is 3.23. The molecule has 1 aromatic rings. The average Bonchev–Trinajstić information content (AvgIpc) is 2.29. The number of carbonyl (C=O) groups excluding carboxylic acids is 1. The van der Waals surface area contributed by atoms with Crippen molar-refractivity contribution in [3.63, 3.8) is 0 Å². The van der Waals surface area contributed by atoms with Gasteiger partial charge in [0.15, 0.2) is 0 Å². The summed E-state index contributed by atoms with van der Waals surface area (Å²) in [6.07, 6.45) is 0.699. The highest BCUT2D eigenvalue weighted by Gasteiger charge is 2.26. The van der Waals surface area contributed by atoms with Crippen molar-refractivity contribution in [3.05, 3.63) is 23.8 Å². The minimum Gasteiger partial charge on any atom is -0.324 e. The van der Waals surface area contributed by atoms with Gasteiger partial charge in [0.05, 0.1) is 5.69 Å². The van der Waals surface area contributed by atoms with E-state index >= 15 is 0 Å². The molecule has 0 fully saturated rings. The first-order chi connectivity index (χ1) is 9.96. The Bertz CT molecular complexity index is 667. The number of carbonyl (C=O) groups is 1. The van der Waals surface area contributed by atoms with E-state index in [2.05, 4.69) is 10.0 Å². The van der Waals surface area contributed by atoms with Gasteiger partial charge in [-0.2, -0.15) is 0 Å². The highest BCUT2D eigenvalue weighted by Crippen LogP contribution is 2.24. The topological polar surface area (TPSA) is 75.3 Å². The van der Waals surface area contributed by atoms with E-state index < -0.39 is 38.0 Å². The molecule has 0 atom stereocenters. The lowest BCUT2D eigenvalue weighted by Gasteiger charge is -2.21. The molecule has 0 aromatic heterocycles. The van der Waals surface area contributed by atoms with Crippen molar-refractivity contribution >= 4 is 21.6 Å². The fourth-order valence-electron chi connectivity index (χ4n) is 1.73. The van der Waals surface area contributed by atoms with Crippen LogP contribution < -0.4 is 10.0 Å². The predicted molar refractivity (Wildman–Crippen MR) is 80.0 cm³/mol. The molecule has 0 unspecified atom stereocenters. The summed E-state index contributed by atoms with van der Waals surface area (Å²) in [7, 11) is -4.18. The average molecular weight is 334 g/mol. The highest BCUT2D eigenvalue weighted by molar-refractivity contribution is 7.89. The van der Waals surface area contributed by atoms with Crippen LogP contribution in [-0.2, 0) is 14.8 Å². The zero-order chi connectivity index (χ0) is 17.1. The smallest absolute Gasteiger partial charge is 0.244 e. The lowest BCUT2D eigenvalue weighted by Crippen LogP contribution is -2.40. The number of hydrogen-bond donors (Lipinski definition) is 2. The van der Waals surface area contributed by atoms with E-state index in [0.717, 1.165) is 6.07 Å². The molecular formula is C14H20F2N2O3S. The fraction of sp³-hybridized carbons (Fsp3) is 0.500. The molecule has 1 aromatic carbocycles. The van der Waals surface area contributed by atoms with Gasteiger partial charge in [-0.25, -0.2) is 21.9 Å². The SMILES string of the molecule is CCCC(=O)Nc1cc(S(=O)(=O)NC(C)(C)C)c(F)cc1F. The molecule has 0 aliphatic heterocycles. The molecule has 0 saturated carbocycles. The van der Waals surface area contributed by atoms with Gasteiger partial charge in [0.25, 0.3) is 0 Å². The maximum Gasteiger partial charge on any atom is 0.244 e. The molecule has 0 heterocycles. The third-order valence-corrected chi connectivity index (χ3v) is 4.28. The Kier molecular flexibility index (Phi) is 5.64. The van der Waals surface area contributed by atoms with Crippen molar-refractivity contribution in [2.24, 2.45) is 0 Å². The van der Waals surface area contributed by atoms with Crippen LogP contribution in [0, 0.1) is 11.6 Å². The van der Waals surface area contributed by atoms with E-state index in [9.17, 15) is 22.0 Å². The Hall–Kier alpha value is -1.54. The number of halogens is 2. The van der Waals surface area contributed by atoms with Crippen molar-refractivity contribution in [1.29, 1.82) is 0 Å². The predicted octanol–water partition coefficient (Wildman–Crippen LogP) is 2.78. The summed E-state index contributed by atoms with van der Waals surface area (Å²) in [5, 5.41) is 2.24. The first kappa shape index (κ1) is 18.5. The first-order valence-corrected chi connectivity index (χ1v) is 8.27. The minimum absolute atomic E-state index is 0.152. The van der Waals surface area contributed by atoms with Crippen LogP contribution in [0.5, 0.6) is 0 Å². The second-order valence-corrected chi connectivity index (χ2v) is 7.57. The Morgan fingerprint density at radius 1 is 1.18 bits per heavy atom. The van der Waals surface area contributed by atoms with Gasteiger partial charge >= 0.3 is 0 Å². The third kappa shape index (κ3) is 5.03. The third-order valence-electron chi connectivity index (χ3n) is 2.50. The molecule has 0 radical (unpaired) electrons. The molecule has 0 spiro atoms. The van der Waals surface area contributed by atoms with Gasteiger partial charge < -0.3 is 5.32 Å². The van der Waals surface area contributed by atoms with Gasteiger partial charge in [-0.05, 0) is 33.3 Å². The number of nitrogens with one attached hydrogen (secondary N) is 2. The molecule has 0 saturated heterocycles.